The fourth-order valence-electron chi connectivity index (χ4n) is 4.67. The van der Waals surface area contributed by atoms with Crippen molar-refractivity contribution < 1.29 is 33.8 Å². The second kappa shape index (κ2) is 13.5. The smallest absolute Gasteiger partial charge is 0.348 e. The number of carbonyl (C=O) groups is 1. The molecule has 0 saturated carbocycles. The van der Waals surface area contributed by atoms with Crippen molar-refractivity contribution >= 4 is 5.97 Å². The van der Waals surface area contributed by atoms with Crippen LogP contribution >= 0.6 is 0 Å². The van der Waals surface area contributed by atoms with Crippen LogP contribution in [0.1, 0.15) is 46.3 Å². The number of esters is 1. The molecular weight excluding hydrogens is 532 g/mol. The molecule has 1 atom stereocenters. The second-order valence-corrected chi connectivity index (χ2v) is 9.45. The van der Waals surface area contributed by atoms with Gasteiger partial charge in [0.2, 0.25) is 5.75 Å². The van der Waals surface area contributed by atoms with Crippen molar-refractivity contribution in [1.82, 2.24) is 0 Å². The van der Waals surface area contributed by atoms with E-state index in [2.05, 4.69) is 0 Å². The molecule has 5 rings (SSSR count). The van der Waals surface area contributed by atoms with Crippen molar-refractivity contribution in [2.75, 3.05) is 7.11 Å². The average Bonchev–Trinajstić information content (AvgIpc) is 3.05. The lowest BCUT2D eigenvalue weighted by atomic mass is 10.0. The van der Waals surface area contributed by atoms with E-state index in [1.54, 1.807) is 0 Å². The van der Waals surface area contributed by atoms with E-state index in [1.807, 2.05) is 121 Å². The van der Waals surface area contributed by atoms with E-state index in [4.69, 9.17) is 24.9 Å². The maximum absolute atomic E-state index is 12.5. The van der Waals surface area contributed by atoms with Crippen LogP contribution in [0.15, 0.2) is 134 Å². The summed E-state index contributed by atoms with van der Waals surface area (Å²) < 4.78 is 18.9. The summed E-state index contributed by atoms with van der Waals surface area (Å²) in [5, 5.41) is 11.0. The van der Waals surface area contributed by atoms with Gasteiger partial charge in [0, 0.05) is 4.73 Å². The lowest BCUT2D eigenvalue weighted by Crippen LogP contribution is -2.40. The fourth-order valence-corrected chi connectivity index (χ4v) is 4.67. The molecule has 1 aromatic heterocycles. The van der Waals surface area contributed by atoms with Gasteiger partial charge in [0.15, 0.2) is 5.75 Å². The Balaban J connectivity index is 1.65. The summed E-state index contributed by atoms with van der Waals surface area (Å²) in [6.45, 7) is 0. The molecule has 0 spiro atoms. The van der Waals surface area contributed by atoms with Gasteiger partial charge in [-0.3, -0.25) is 10.0 Å². The van der Waals surface area contributed by atoms with Gasteiger partial charge in [-0.2, -0.15) is 0 Å². The standard InChI is InChI=1S/C34H31N2O6/c1-39-34(37)33(42-35)28-22-29(40-31(24-14-6-2-7-15-24)25-16-8-3-9-17-25)30(23-36(28)38)41-32(26-18-10-4-11-19-26)27-20-12-5-13-21-27/h2-23,31-33,38H,35H2,1H3/q+1. The molecule has 212 valence electrons. The Morgan fingerprint density at radius 1 is 0.667 bits per heavy atom. The second-order valence-electron chi connectivity index (χ2n) is 9.45. The predicted octanol–water partition coefficient (Wildman–Crippen LogP) is 5.65. The predicted molar refractivity (Wildman–Crippen MR) is 155 cm³/mol. The highest BCUT2D eigenvalue weighted by Crippen LogP contribution is 2.39. The number of nitrogens with zero attached hydrogens (tertiary/aromatic N) is 1. The zero-order valence-corrected chi connectivity index (χ0v) is 22.9. The molecule has 0 aliphatic rings. The Labute approximate surface area is 244 Å². The molecule has 0 saturated heterocycles. The van der Waals surface area contributed by atoms with Crippen molar-refractivity contribution in [3.8, 4) is 11.5 Å². The topological polar surface area (TPSA) is 104 Å². The van der Waals surface area contributed by atoms with Gasteiger partial charge in [0.25, 0.3) is 18.0 Å². The van der Waals surface area contributed by atoms with Crippen molar-refractivity contribution in [3.63, 3.8) is 0 Å². The first-order valence-electron chi connectivity index (χ1n) is 13.3. The monoisotopic (exact) mass is 563 g/mol. The van der Waals surface area contributed by atoms with Gasteiger partial charge in [-0.05, 0) is 22.3 Å². The Morgan fingerprint density at radius 2 is 1.05 bits per heavy atom. The molecule has 1 heterocycles. The molecule has 3 N–H and O–H groups in total. The van der Waals surface area contributed by atoms with Crippen LogP contribution in [0.2, 0.25) is 0 Å². The Morgan fingerprint density at radius 3 is 1.40 bits per heavy atom. The summed E-state index contributed by atoms with van der Waals surface area (Å²) in [4.78, 5) is 17.4. The van der Waals surface area contributed by atoms with Crippen molar-refractivity contribution in [2.24, 2.45) is 5.90 Å². The lowest BCUT2D eigenvalue weighted by Gasteiger charge is -2.24. The fraction of sp³-hybridized carbons (Fsp3) is 0.118. The number of nitrogens with two attached hydrogens (primary N) is 1. The van der Waals surface area contributed by atoms with Crippen LogP contribution in [0.25, 0.3) is 0 Å². The molecule has 0 radical (unpaired) electrons. The quantitative estimate of drug-likeness (QED) is 0.0926. The van der Waals surface area contributed by atoms with E-state index in [0.717, 1.165) is 27.0 Å². The molecule has 0 aliphatic heterocycles. The molecule has 42 heavy (non-hydrogen) atoms. The van der Waals surface area contributed by atoms with E-state index >= 15 is 0 Å². The number of benzene rings is 4. The molecule has 5 aromatic rings. The number of ether oxygens (including phenoxy) is 3. The number of hydrogen-bond acceptors (Lipinski definition) is 7. The minimum absolute atomic E-state index is 0.0115. The Bertz CT molecular complexity index is 1510. The number of hydrogen-bond donors (Lipinski definition) is 2. The van der Waals surface area contributed by atoms with Crippen molar-refractivity contribution in [3.05, 3.63) is 162 Å². The van der Waals surface area contributed by atoms with Gasteiger partial charge in [-0.25, -0.2) is 10.7 Å². The molecule has 8 heteroatoms. The molecule has 1 unspecified atom stereocenters. The van der Waals surface area contributed by atoms with E-state index in [9.17, 15) is 10.0 Å². The number of rotatable bonds is 11. The maximum Gasteiger partial charge on any atom is 0.348 e. The highest BCUT2D eigenvalue weighted by Gasteiger charge is 2.35. The minimum atomic E-state index is -1.43. The molecule has 0 bridgehead atoms. The molecule has 0 amide bonds. The zero-order chi connectivity index (χ0) is 29.3. The van der Waals surface area contributed by atoms with Gasteiger partial charge in [0.05, 0.1) is 13.2 Å². The first-order valence-corrected chi connectivity index (χ1v) is 13.3. The van der Waals surface area contributed by atoms with E-state index in [-0.39, 0.29) is 17.2 Å². The number of methoxy groups -OCH3 is 1. The minimum Gasteiger partial charge on any atom is -0.477 e. The Hall–Kier alpha value is -5.18. The van der Waals surface area contributed by atoms with Gasteiger partial charge >= 0.3 is 5.97 Å². The van der Waals surface area contributed by atoms with Gasteiger partial charge < -0.3 is 14.2 Å². The third kappa shape index (κ3) is 6.41. The molecule has 4 aromatic carbocycles. The highest BCUT2D eigenvalue weighted by molar-refractivity contribution is 5.75. The third-order valence-electron chi connectivity index (χ3n) is 6.74. The van der Waals surface area contributed by atoms with Crippen LogP contribution in [-0.4, -0.2) is 18.3 Å². The first kappa shape index (κ1) is 28.4. The summed E-state index contributed by atoms with van der Waals surface area (Å²) in [6, 6.07) is 40.4. The van der Waals surface area contributed by atoms with Crippen LogP contribution in [-0.2, 0) is 14.4 Å². The maximum atomic E-state index is 12.5. The van der Waals surface area contributed by atoms with Crippen LogP contribution in [0.4, 0.5) is 0 Å². The van der Waals surface area contributed by atoms with Crippen LogP contribution in [0.3, 0.4) is 0 Å². The molecule has 0 fully saturated rings. The SMILES string of the molecule is COC(=O)C(ON)c1cc(OC(c2ccccc2)c2ccccc2)c(OC(c2ccccc2)c2ccccc2)c[n+]1O. The number of pyridine rings is 1. The van der Waals surface area contributed by atoms with E-state index in [0.29, 0.717) is 0 Å². The summed E-state index contributed by atoms with van der Waals surface area (Å²) in [6.07, 6.45) is -1.21. The summed E-state index contributed by atoms with van der Waals surface area (Å²) in [5.41, 5.74) is 3.55. The molecular formula is C34H31N2O6+. The number of carbonyl (C=O) groups excluding carboxylic acids is 1. The summed E-state index contributed by atoms with van der Waals surface area (Å²) in [7, 11) is 1.20. The average molecular weight is 564 g/mol. The lowest BCUT2D eigenvalue weighted by molar-refractivity contribution is -0.911. The van der Waals surface area contributed by atoms with Crippen LogP contribution in [0, 0.1) is 0 Å². The largest absolute Gasteiger partial charge is 0.477 e. The van der Waals surface area contributed by atoms with E-state index in [1.165, 1.54) is 19.4 Å². The highest BCUT2D eigenvalue weighted by atomic mass is 16.7. The molecule has 0 aliphatic carbocycles. The molecule has 8 nitrogen and oxygen atoms in total. The Kier molecular flexibility index (Phi) is 9.08. The summed E-state index contributed by atoms with van der Waals surface area (Å²) >= 11 is 0. The van der Waals surface area contributed by atoms with Gasteiger partial charge in [-0.15, -0.1) is 0 Å². The number of aromatic nitrogens is 1. The van der Waals surface area contributed by atoms with Gasteiger partial charge in [-0.1, -0.05) is 121 Å². The first-order chi connectivity index (χ1) is 20.6. The van der Waals surface area contributed by atoms with E-state index < -0.39 is 24.3 Å². The van der Waals surface area contributed by atoms with Crippen LogP contribution in [0.5, 0.6) is 11.5 Å². The summed E-state index contributed by atoms with van der Waals surface area (Å²) in [5.74, 6) is 5.12. The normalized spacial score (nSPS) is 11.7. The van der Waals surface area contributed by atoms with Crippen molar-refractivity contribution in [1.29, 1.82) is 0 Å². The van der Waals surface area contributed by atoms with Gasteiger partial charge in [0.1, 0.15) is 12.2 Å². The third-order valence-corrected chi connectivity index (χ3v) is 6.74. The van der Waals surface area contributed by atoms with Crippen molar-refractivity contribution in [2.45, 2.75) is 18.3 Å². The zero-order valence-electron chi connectivity index (χ0n) is 22.9. The van der Waals surface area contributed by atoms with Crippen LogP contribution < -0.4 is 20.1 Å².